The van der Waals surface area contributed by atoms with Gasteiger partial charge in [-0.15, -0.1) is 0 Å². The Morgan fingerprint density at radius 3 is 2.47 bits per heavy atom. The molecule has 1 amide bonds. The second-order valence-electron chi connectivity index (χ2n) is 6.70. The van der Waals surface area contributed by atoms with Crippen LogP contribution in [0.4, 0.5) is 17.6 Å². The number of nitrogens with zero attached hydrogens (tertiary/aromatic N) is 2. The van der Waals surface area contributed by atoms with Gasteiger partial charge in [-0.3, -0.25) is 4.79 Å². The summed E-state index contributed by atoms with van der Waals surface area (Å²) < 4.78 is 54.2. The topological polar surface area (TPSA) is 46.9 Å². The number of halogens is 5. The fourth-order valence-corrected chi connectivity index (χ4v) is 3.24. The number of hydrogen-bond acceptors (Lipinski definition) is 2. The van der Waals surface area contributed by atoms with Gasteiger partial charge < -0.3 is 5.32 Å². The van der Waals surface area contributed by atoms with Crippen molar-refractivity contribution in [2.45, 2.75) is 32.5 Å². The van der Waals surface area contributed by atoms with E-state index in [9.17, 15) is 22.4 Å². The first-order valence-electron chi connectivity index (χ1n) is 9.10. The van der Waals surface area contributed by atoms with Gasteiger partial charge in [0.2, 0.25) is 0 Å². The number of amides is 1. The second-order valence-corrected chi connectivity index (χ2v) is 7.14. The average Bonchev–Trinajstić information content (AvgIpc) is 3.07. The van der Waals surface area contributed by atoms with Crippen molar-refractivity contribution in [3.8, 4) is 5.69 Å². The normalized spacial score (nSPS) is 12.6. The van der Waals surface area contributed by atoms with Gasteiger partial charge in [0.05, 0.1) is 34.7 Å². The minimum absolute atomic E-state index is 0.169. The maximum Gasteiger partial charge on any atom is 0.419 e. The summed E-state index contributed by atoms with van der Waals surface area (Å²) in [6.07, 6.45) is -3.12. The first-order chi connectivity index (χ1) is 14.1. The van der Waals surface area contributed by atoms with E-state index in [0.717, 1.165) is 12.1 Å². The molecule has 0 saturated carbocycles. The highest BCUT2D eigenvalue weighted by atomic mass is 35.5. The maximum absolute atomic E-state index is 13.6. The zero-order chi connectivity index (χ0) is 22.1. The molecule has 1 N–H and O–H groups in total. The van der Waals surface area contributed by atoms with E-state index in [0.29, 0.717) is 22.8 Å². The van der Waals surface area contributed by atoms with Gasteiger partial charge in [-0.05, 0) is 55.3 Å². The molecule has 0 bridgehead atoms. The Labute approximate surface area is 175 Å². The third-order valence-corrected chi connectivity index (χ3v) is 4.99. The van der Waals surface area contributed by atoms with E-state index in [-0.39, 0.29) is 11.1 Å². The first kappa shape index (κ1) is 21.8. The average molecular weight is 440 g/mol. The molecule has 3 aromatic rings. The zero-order valence-electron chi connectivity index (χ0n) is 16.1. The van der Waals surface area contributed by atoms with Gasteiger partial charge in [0.15, 0.2) is 0 Å². The van der Waals surface area contributed by atoms with Crippen LogP contribution in [-0.2, 0) is 6.18 Å². The van der Waals surface area contributed by atoms with Crippen LogP contribution in [0.5, 0.6) is 0 Å². The molecule has 4 nitrogen and oxygen atoms in total. The molecule has 2 aromatic carbocycles. The Kier molecular flexibility index (Phi) is 6.17. The Morgan fingerprint density at radius 2 is 1.87 bits per heavy atom. The van der Waals surface area contributed by atoms with Crippen LogP contribution in [0.15, 0.2) is 48.7 Å². The maximum atomic E-state index is 13.6. The molecule has 1 heterocycles. The van der Waals surface area contributed by atoms with Crippen molar-refractivity contribution in [3.05, 3.63) is 81.9 Å². The lowest BCUT2D eigenvalue weighted by Crippen LogP contribution is -2.29. The number of alkyl halides is 3. The van der Waals surface area contributed by atoms with Crippen molar-refractivity contribution in [1.82, 2.24) is 15.1 Å². The van der Waals surface area contributed by atoms with E-state index in [1.54, 1.807) is 42.8 Å². The van der Waals surface area contributed by atoms with Gasteiger partial charge in [0, 0.05) is 5.02 Å². The number of carbonyl (C=O) groups excluding carboxylic acids is 1. The Balaban J connectivity index is 1.85. The minimum Gasteiger partial charge on any atom is -0.345 e. The summed E-state index contributed by atoms with van der Waals surface area (Å²) in [6, 6.07) is 8.88. The number of nitrogens with one attached hydrogen (secondary N) is 1. The van der Waals surface area contributed by atoms with Crippen molar-refractivity contribution in [3.63, 3.8) is 0 Å². The molecule has 0 radical (unpaired) electrons. The third-order valence-electron chi connectivity index (χ3n) is 4.74. The predicted octanol–water partition coefficient (Wildman–Crippen LogP) is 5.87. The SMILES string of the molecule is CCC(NC(=O)c1cnn(-c2ccc(Cl)cc2)c1C)c1ccc(F)c(C(F)(F)F)c1. The van der Waals surface area contributed by atoms with Crippen LogP contribution >= 0.6 is 11.6 Å². The number of carbonyl (C=O) groups is 1. The van der Waals surface area contributed by atoms with Crippen LogP contribution in [0, 0.1) is 12.7 Å². The molecule has 3 rings (SSSR count). The van der Waals surface area contributed by atoms with Crippen molar-refractivity contribution < 1.29 is 22.4 Å². The quantitative estimate of drug-likeness (QED) is 0.505. The molecule has 0 spiro atoms. The molecule has 1 aromatic heterocycles. The molecule has 0 aliphatic rings. The van der Waals surface area contributed by atoms with Crippen LogP contribution < -0.4 is 5.32 Å². The van der Waals surface area contributed by atoms with E-state index < -0.39 is 29.5 Å². The molecule has 1 unspecified atom stereocenters. The lowest BCUT2D eigenvalue weighted by Gasteiger charge is -2.19. The zero-order valence-corrected chi connectivity index (χ0v) is 16.9. The lowest BCUT2D eigenvalue weighted by atomic mass is 10.0. The molecular weight excluding hydrogens is 422 g/mol. The van der Waals surface area contributed by atoms with Crippen LogP contribution in [-0.4, -0.2) is 15.7 Å². The summed E-state index contributed by atoms with van der Waals surface area (Å²) in [7, 11) is 0. The summed E-state index contributed by atoms with van der Waals surface area (Å²) in [5, 5.41) is 7.48. The van der Waals surface area contributed by atoms with Crippen LogP contribution in [0.3, 0.4) is 0 Å². The van der Waals surface area contributed by atoms with Gasteiger partial charge in [-0.2, -0.15) is 18.3 Å². The lowest BCUT2D eigenvalue weighted by molar-refractivity contribution is -0.140. The summed E-state index contributed by atoms with van der Waals surface area (Å²) >= 11 is 5.89. The van der Waals surface area contributed by atoms with E-state index in [1.165, 1.54) is 12.3 Å². The van der Waals surface area contributed by atoms with E-state index in [1.807, 2.05) is 0 Å². The van der Waals surface area contributed by atoms with Crippen LogP contribution in [0.2, 0.25) is 5.02 Å². The highest BCUT2D eigenvalue weighted by molar-refractivity contribution is 6.30. The fourth-order valence-electron chi connectivity index (χ4n) is 3.11. The van der Waals surface area contributed by atoms with Gasteiger partial charge >= 0.3 is 6.18 Å². The molecule has 0 aliphatic heterocycles. The van der Waals surface area contributed by atoms with E-state index in [2.05, 4.69) is 10.4 Å². The highest BCUT2D eigenvalue weighted by Gasteiger charge is 2.34. The number of benzene rings is 2. The molecule has 0 aliphatic carbocycles. The van der Waals surface area contributed by atoms with Crippen molar-refractivity contribution in [2.24, 2.45) is 0 Å². The summed E-state index contributed by atoms with van der Waals surface area (Å²) in [5.74, 6) is -1.84. The molecule has 158 valence electrons. The summed E-state index contributed by atoms with van der Waals surface area (Å²) in [6.45, 7) is 3.42. The molecule has 0 saturated heterocycles. The van der Waals surface area contributed by atoms with Gasteiger partial charge in [0.1, 0.15) is 5.82 Å². The van der Waals surface area contributed by atoms with E-state index in [4.69, 9.17) is 11.6 Å². The number of hydrogen-bond donors (Lipinski definition) is 1. The molecule has 0 fully saturated rings. The van der Waals surface area contributed by atoms with Crippen molar-refractivity contribution in [2.75, 3.05) is 0 Å². The Hall–Kier alpha value is -2.87. The van der Waals surface area contributed by atoms with Crippen molar-refractivity contribution >= 4 is 17.5 Å². The summed E-state index contributed by atoms with van der Waals surface area (Å²) in [5.41, 5.74) is 0.347. The monoisotopic (exact) mass is 439 g/mol. The van der Waals surface area contributed by atoms with Crippen molar-refractivity contribution in [1.29, 1.82) is 0 Å². The Bertz CT molecular complexity index is 1060. The number of rotatable bonds is 5. The molecule has 9 heteroatoms. The molecule has 30 heavy (non-hydrogen) atoms. The fraction of sp³-hybridized carbons (Fsp3) is 0.238. The minimum atomic E-state index is -4.82. The van der Waals surface area contributed by atoms with Crippen LogP contribution in [0.25, 0.3) is 5.69 Å². The third kappa shape index (κ3) is 4.48. The molecular formula is C21H18ClF4N3O. The first-order valence-corrected chi connectivity index (χ1v) is 9.47. The van der Waals surface area contributed by atoms with Gasteiger partial charge in [-0.1, -0.05) is 24.6 Å². The smallest absolute Gasteiger partial charge is 0.345 e. The second kappa shape index (κ2) is 8.47. The number of aromatic nitrogens is 2. The molecule has 1 atom stereocenters. The van der Waals surface area contributed by atoms with Crippen LogP contribution in [0.1, 0.15) is 46.6 Å². The van der Waals surface area contributed by atoms with Gasteiger partial charge in [-0.25, -0.2) is 9.07 Å². The Morgan fingerprint density at radius 1 is 1.20 bits per heavy atom. The van der Waals surface area contributed by atoms with Gasteiger partial charge in [0.25, 0.3) is 5.91 Å². The van der Waals surface area contributed by atoms with E-state index >= 15 is 0 Å². The standard InChI is InChI=1S/C21H18ClF4N3O/c1-3-19(13-4-9-18(23)17(10-13)21(24,25)26)28-20(30)16-11-27-29(12(16)2)15-7-5-14(22)6-8-15/h4-11,19H,3H2,1-2H3,(H,28,30). The predicted molar refractivity (Wildman–Crippen MR) is 105 cm³/mol. The largest absolute Gasteiger partial charge is 0.419 e. The summed E-state index contributed by atoms with van der Waals surface area (Å²) in [4.78, 5) is 12.8. The highest BCUT2D eigenvalue weighted by Crippen LogP contribution is 2.33.